The molecule has 33 heavy (non-hydrogen) atoms. The van der Waals surface area contributed by atoms with Crippen LogP contribution in [0, 0.1) is 5.41 Å². The first-order valence-corrected chi connectivity index (χ1v) is 11.6. The Morgan fingerprint density at radius 1 is 1.09 bits per heavy atom. The first-order chi connectivity index (χ1) is 14.9. The maximum absolute atomic E-state index is 13.3. The van der Waals surface area contributed by atoms with Crippen LogP contribution in [0.1, 0.15) is 95.1 Å². The highest BCUT2D eigenvalue weighted by molar-refractivity contribution is 5.98. The third-order valence-corrected chi connectivity index (χ3v) is 7.39. The summed E-state index contributed by atoms with van der Waals surface area (Å²) in [5.41, 5.74) is 5.47. The van der Waals surface area contributed by atoms with Crippen LogP contribution in [0.15, 0.2) is 24.3 Å². The summed E-state index contributed by atoms with van der Waals surface area (Å²) >= 11 is 0. The molecule has 1 aliphatic heterocycles. The number of piperidine rings is 1. The van der Waals surface area contributed by atoms with E-state index in [0.717, 1.165) is 30.4 Å². The van der Waals surface area contributed by atoms with Crippen molar-refractivity contribution < 1.29 is 23.1 Å². The van der Waals surface area contributed by atoms with Crippen molar-refractivity contribution in [2.45, 2.75) is 96.5 Å². The smallest absolute Gasteiger partial charge is 0.385 e. The van der Waals surface area contributed by atoms with Crippen molar-refractivity contribution in [2.24, 2.45) is 11.1 Å². The number of benzene rings is 1. The van der Waals surface area contributed by atoms with Crippen molar-refractivity contribution in [3.05, 3.63) is 41.0 Å². The molecule has 0 atom stereocenters. The number of carbonyl (C=O) groups is 1. The van der Waals surface area contributed by atoms with Gasteiger partial charge in [-0.3, -0.25) is 9.69 Å². The molecular weight excluding hydrogens is 429 g/mol. The second kappa shape index (κ2) is 8.12. The third-order valence-electron chi connectivity index (χ3n) is 7.39. The van der Waals surface area contributed by atoms with Gasteiger partial charge in [0.05, 0.1) is 12.1 Å². The average molecular weight is 467 g/mol. The molecule has 0 bridgehead atoms. The summed E-state index contributed by atoms with van der Waals surface area (Å²) in [6.45, 7) is 10.4. The highest BCUT2D eigenvalue weighted by Gasteiger charge is 2.54. The van der Waals surface area contributed by atoms with Gasteiger partial charge in [0.2, 0.25) is 5.91 Å². The number of hydrogen-bond acceptors (Lipinski definition) is 3. The summed E-state index contributed by atoms with van der Waals surface area (Å²) < 4.78 is 40.0. The monoisotopic (exact) mass is 466 g/mol. The third kappa shape index (κ3) is 5.46. The number of rotatable bonds is 4. The first kappa shape index (κ1) is 25.8. The summed E-state index contributed by atoms with van der Waals surface area (Å²) in [5, 5.41) is 11.8. The molecule has 1 fully saturated rings. The summed E-state index contributed by atoms with van der Waals surface area (Å²) in [6, 6.07) is 5.17. The van der Waals surface area contributed by atoms with E-state index >= 15 is 0 Å². The number of halogens is 3. The van der Waals surface area contributed by atoms with Crippen molar-refractivity contribution in [1.82, 2.24) is 4.90 Å². The van der Waals surface area contributed by atoms with Crippen LogP contribution in [0.3, 0.4) is 0 Å². The first-order valence-electron chi connectivity index (χ1n) is 11.6. The highest BCUT2D eigenvalue weighted by atomic mass is 19.4. The molecule has 0 aromatic heterocycles. The van der Waals surface area contributed by atoms with E-state index in [0.29, 0.717) is 11.1 Å². The minimum absolute atomic E-state index is 0.140. The molecule has 4 nitrogen and oxygen atoms in total. The zero-order valence-electron chi connectivity index (χ0n) is 20.6. The molecule has 0 radical (unpaired) electrons. The van der Waals surface area contributed by atoms with Crippen molar-refractivity contribution in [2.75, 3.05) is 6.54 Å². The number of aliphatic hydroxyl groups is 1. The minimum atomic E-state index is -4.33. The SMILES string of the molecule is CC1(C)CC=C(c2cc(C3(O)CC(C)(C)N(CC(F)(F)F)C(C)(C)C3)ccc2C(N)=O)CC1. The molecule has 1 aliphatic carbocycles. The molecule has 1 saturated heterocycles. The number of nitrogens with two attached hydrogens (primary N) is 1. The van der Waals surface area contributed by atoms with Crippen LogP contribution in [0.25, 0.3) is 5.57 Å². The van der Waals surface area contributed by atoms with Gasteiger partial charge in [0, 0.05) is 16.6 Å². The number of amides is 1. The zero-order chi connectivity index (χ0) is 25.0. The van der Waals surface area contributed by atoms with Gasteiger partial charge in [-0.2, -0.15) is 13.2 Å². The summed E-state index contributed by atoms with van der Waals surface area (Å²) in [6.07, 6.45) is 0.730. The predicted molar refractivity (Wildman–Crippen MR) is 125 cm³/mol. The van der Waals surface area contributed by atoms with Crippen LogP contribution in [0.2, 0.25) is 0 Å². The number of hydrogen-bond donors (Lipinski definition) is 2. The Morgan fingerprint density at radius 3 is 2.12 bits per heavy atom. The Kier molecular flexibility index (Phi) is 6.34. The van der Waals surface area contributed by atoms with E-state index in [1.165, 1.54) is 4.90 Å². The lowest BCUT2D eigenvalue weighted by molar-refractivity contribution is -0.206. The van der Waals surface area contributed by atoms with Gasteiger partial charge >= 0.3 is 6.18 Å². The fourth-order valence-corrected chi connectivity index (χ4v) is 5.95. The maximum Gasteiger partial charge on any atom is 0.401 e. The number of nitrogens with zero attached hydrogens (tertiary/aromatic N) is 1. The maximum atomic E-state index is 13.3. The van der Waals surface area contributed by atoms with Gasteiger partial charge < -0.3 is 10.8 Å². The molecular formula is C26H37F3N2O2. The number of alkyl halides is 3. The average Bonchev–Trinajstić information content (AvgIpc) is 2.63. The van der Waals surface area contributed by atoms with Crippen LogP contribution in [-0.2, 0) is 5.60 Å². The van der Waals surface area contributed by atoms with E-state index in [4.69, 9.17) is 5.73 Å². The summed E-state index contributed by atoms with van der Waals surface area (Å²) in [5.74, 6) is -0.532. The largest absolute Gasteiger partial charge is 0.401 e. The topological polar surface area (TPSA) is 66.6 Å². The molecule has 1 aromatic rings. The van der Waals surface area contributed by atoms with Crippen LogP contribution < -0.4 is 5.73 Å². The predicted octanol–water partition coefficient (Wildman–Crippen LogP) is 5.78. The normalized spacial score (nSPS) is 24.2. The number of allylic oxidation sites excluding steroid dienone is 2. The molecule has 3 N–H and O–H groups in total. The summed E-state index contributed by atoms with van der Waals surface area (Å²) in [7, 11) is 0. The van der Waals surface area contributed by atoms with E-state index in [1.807, 2.05) is 6.07 Å². The Balaban J connectivity index is 2.04. The number of primary amides is 1. The molecule has 2 aliphatic rings. The fourth-order valence-electron chi connectivity index (χ4n) is 5.95. The molecule has 184 valence electrons. The number of likely N-dealkylation sites (tertiary alicyclic amines) is 1. The quantitative estimate of drug-likeness (QED) is 0.591. The second-order valence-electron chi connectivity index (χ2n) is 11.9. The number of carbonyl (C=O) groups excluding carboxylic acids is 1. The van der Waals surface area contributed by atoms with Crippen molar-refractivity contribution >= 4 is 11.5 Å². The Hall–Kier alpha value is -1.86. The highest BCUT2D eigenvalue weighted by Crippen LogP contribution is 2.50. The Labute approximate surface area is 195 Å². The van der Waals surface area contributed by atoms with Gasteiger partial charge in [-0.1, -0.05) is 26.0 Å². The van der Waals surface area contributed by atoms with Crippen LogP contribution in [-0.4, -0.2) is 39.7 Å². The van der Waals surface area contributed by atoms with E-state index < -0.39 is 35.3 Å². The molecule has 7 heteroatoms. The van der Waals surface area contributed by atoms with Gasteiger partial charge in [0.1, 0.15) is 0 Å². The molecule has 1 heterocycles. The lowest BCUT2D eigenvalue weighted by atomic mass is 9.67. The van der Waals surface area contributed by atoms with Gasteiger partial charge in [-0.15, -0.1) is 0 Å². The molecule has 3 rings (SSSR count). The van der Waals surface area contributed by atoms with E-state index in [-0.39, 0.29) is 18.3 Å². The van der Waals surface area contributed by atoms with Crippen LogP contribution >= 0.6 is 0 Å². The lowest BCUT2D eigenvalue weighted by Crippen LogP contribution is -2.66. The standard InChI is InChI=1S/C26H37F3N2O2/c1-22(2)11-9-17(10-12-22)20-13-18(7-8-19(20)21(30)32)25(33)14-23(3,4)31(16-26(27,28)29)24(5,6)15-25/h7-9,13,33H,10-12,14-16H2,1-6H3,(H2,30,32). The van der Waals surface area contributed by atoms with E-state index in [1.54, 1.807) is 39.8 Å². The van der Waals surface area contributed by atoms with E-state index in [9.17, 15) is 23.1 Å². The zero-order valence-corrected chi connectivity index (χ0v) is 20.6. The molecule has 0 saturated carbocycles. The van der Waals surface area contributed by atoms with Crippen molar-refractivity contribution in [3.8, 4) is 0 Å². The Morgan fingerprint density at radius 2 is 1.67 bits per heavy atom. The Bertz CT molecular complexity index is 943. The van der Waals surface area contributed by atoms with E-state index in [2.05, 4.69) is 19.9 Å². The van der Waals surface area contributed by atoms with Gasteiger partial charge in [-0.25, -0.2) is 0 Å². The van der Waals surface area contributed by atoms with Crippen LogP contribution in [0.4, 0.5) is 13.2 Å². The molecule has 1 amide bonds. The van der Waals surface area contributed by atoms with Crippen molar-refractivity contribution in [3.63, 3.8) is 0 Å². The molecule has 1 aromatic carbocycles. The molecule has 0 spiro atoms. The van der Waals surface area contributed by atoms with Crippen molar-refractivity contribution in [1.29, 1.82) is 0 Å². The van der Waals surface area contributed by atoms with Gasteiger partial charge in [0.15, 0.2) is 0 Å². The fraction of sp³-hybridized carbons (Fsp3) is 0.654. The lowest BCUT2D eigenvalue weighted by Gasteiger charge is -2.58. The summed E-state index contributed by atoms with van der Waals surface area (Å²) in [4.78, 5) is 13.6. The van der Waals surface area contributed by atoms with Gasteiger partial charge in [-0.05, 0) is 94.0 Å². The molecule has 0 unspecified atom stereocenters. The second-order valence-corrected chi connectivity index (χ2v) is 11.9. The minimum Gasteiger partial charge on any atom is -0.385 e. The van der Waals surface area contributed by atoms with Gasteiger partial charge in [0.25, 0.3) is 0 Å². The van der Waals surface area contributed by atoms with Crippen LogP contribution in [0.5, 0.6) is 0 Å².